The minimum atomic E-state index is -0.412. The maximum absolute atomic E-state index is 12.1. The summed E-state index contributed by atoms with van der Waals surface area (Å²) in [5.74, 6) is 4.92. The zero-order chi connectivity index (χ0) is 20.4. The van der Waals surface area contributed by atoms with Crippen LogP contribution in [-0.4, -0.2) is 16.5 Å². The summed E-state index contributed by atoms with van der Waals surface area (Å²) in [6.45, 7) is 14.3. The fraction of sp³-hybridized carbons (Fsp3) is 0.960. The highest BCUT2D eigenvalue weighted by atomic mass is 16.3. The van der Waals surface area contributed by atoms with Crippen LogP contribution >= 0.6 is 0 Å². The van der Waals surface area contributed by atoms with E-state index in [4.69, 9.17) is 0 Å². The largest absolute Gasteiger partial charge is 0.390 e. The van der Waals surface area contributed by atoms with Crippen LogP contribution in [0.5, 0.6) is 0 Å². The van der Waals surface area contributed by atoms with E-state index in [2.05, 4.69) is 6.92 Å². The van der Waals surface area contributed by atoms with Crippen LogP contribution in [0.2, 0.25) is 0 Å². The first kappa shape index (κ1) is 22.9. The minimum absolute atomic E-state index is 0.292. The third-order valence-electron chi connectivity index (χ3n) is 8.73. The maximum Gasteiger partial charge on any atom is 0.133 e. The molecular weight excluding hydrogens is 332 g/mol. The average Bonchev–Trinajstić information content (AvgIpc) is 3.01. The van der Waals surface area contributed by atoms with E-state index in [1.54, 1.807) is 0 Å². The first-order valence-corrected chi connectivity index (χ1v) is 12.0. The molecule has 4 aliphatic carbocycles. The van der Waals surface area contributed by atoms with Crippen LogP contribution in [0.1, 0.15) is 106 Å². The molecule has 0 amide bonds. The second kappa shape index (κ2) is 8.97. The minimum Gasteiger partial charge on any atom is -0.390 e. The monoisotopic (exact) mass is 378 g/mol. The lowest BCUT2D eigenvalue weighted by molar-refractivity contribution is -0.130. The number of Topliss-reactive ketones (excluding diaryl/α,β-unsaturated/α-hetero) is 1. The van der Waals surface area contributed by atoms with Gasteiger partial charge in [0, 0.05) is 5.92 Å². The second-order valence-electron chi connectivity index (χ2n) is 9.96. The number of carbonyl (C=O) groups is 1. The van der Waals surface area contributed by atoms with Gasteiger partial charge in [0.1, 0.15) is 5.78 Å². The molecule has 4 saturated carbocycles. The third kappa shape index (κ3) is 4.16. The summed E-state index contributed by atoms with van der Waals surface area (Å²) in [6, 6.07) is 0. The molecule has 8 atom stereocenters. The summed E-state index contributed by atoms with van der Waals surface area (Å²) < 4.78 is 0. The Bertz CT molecular complexity index is 497. The van der Waals surface area contributed by atoms with Crippen molar-refractivity contribution in [2.75, 3.05) is 0 Å². The quantitative estimate of drug-likeness (QED) is 0.555. The highest BCUT2D eigenvalue weighted by Gasteiger charge is 2.58. The van der Waals surface area contributed by atoms with Crippen molar-refractivity contribution in [2.24, 2.45) is 40.9 Å². The third-order valence-corrected chi connectivity index (χ3v) is 8.73. The SMILES string of the molecule is CC.CC.CC(=O)C1CCC2C3CCC4C[C@@](C)(O)CCC4C3CCC12C. The molecule has 4 fully saturated rings. The molecule has 1 N–H and O–H groups in total. The van der Waals surface area contributed by atoms with Crippen LogP contribution in [0.4, 0.5) is 0 Å². The summed E-state index contributed by atoms with van der Waals surface area (Å²) in [6.07, 6.45) is 11.0. The van der Waals surface area contributed by atoms with Gasteiger partial charge in [0.25, 0.3) is 0 Å². The van der Waals surface area contributed by atoms with Crippen LogP contribution in [-0.2, 0) is 4.79 Å². The molecule has 0 aromatic heterocycles. The Morgan fingerprint density at radius 2 is 1.44 bits per heavy atom. The van der Waals surface area contributed by atoms with Crippen molar-refractivity contribution in [3.05, 3.63) is 0 Å². The molecule has 2 heteroatoms. The van der Waals surface area contributed by atoms with E-state index >= 15 is 0 Å². The van der Waals surface area contributed by atoms with Gasteiger partial charge in [0.05, 0.1) is 5.60 Å². The molecule has 158 valence electrons. The zero-order valence-electron chi connectivity index (χ0n) is 19.2. The normalized spacial score (nSPS) is 47.9. The van der Waals surface area contributed by atoms with Crippen molar-refractivity contribution in [3.63, 3.8) is 0 Å². The Hall–Kier alpha value is -0.370. The number of rotatable bonds is 1. The van der Waals surface area contributed by atoms with Crippen LogP contribution in [0.25, 0.3) is 0 Å². The van der Waals surface area contributed by atoms with E-state index in [1.165, 1.54) is 38.5 Å². The maximum atomic E-state index is 12.1. The summed E-state index contributed by atoms with van der Waals surface area (Å²) in [5, 5.41) is 10.5. The van der Waals surface area contributed by atoms with Crippen LogP contribution in [0, 0.1) is 40.9 Å². The van der Waals surface area contributed by atoms with Crippen molar-refractivity contribution in [1.29, 1.82) is 0 Å². The van der Waals surface area contributed by atoms with Gasteiger partial charge < -0.3 is 5.11 Å². The van der Waals surface area contributed by atoms with Crippen molar-refractivity contribution < 1.29 is 9.90 Å². The van der Waals surface area contributed by atoms with Crippen LogP contribution in [0.3, 0.4) is 0 Å². The molecule has 0 aromatic carbocycles. The molecule has 0 heterocycles. The lowest BCUT2D eigenvalue weighted by Crippen LogP contribution is -2.50. The van der Waals surface area contributed by atoms with Crippen molar-refractivity contribution in [1.82, 2.24) is 0 Å². The predicted octanol–water partition coefficient (Wildman–Crippen LogP) is 6.65. The first-order valence-electron chi connectivity index (χ1n) is 12.0. The molecular formula is C25H46O2. The first-order chi connectivity index (χ1) is 12.8. The Morgan fingerprint density at radius 3 is 2.07 bits per heavy atom. The molecule has 0 radical (unpaired) electrons. The zero-order valence-corrected chi connectivity index (χ0v) is 19.2. The fourth-order valence-corrected chi connectivity index (χ4v) is 7.75. The predicted molar refractivity (Wildman–Crippen MR) is 115 cm³/mol. The lowest BCUT2D eigenvalue weighted by Gasteiger charge is -2.56. The number of aliphatic hydroxyl groups is 1. The summed E-state index contributed by atoms with van der Waals surface area (Å²) in [4.78, 5) is 12.1. The van der Waals surface area contributed by atoms with Crippen LogP contribution < -0.4 is 0 Å². The van der Waals surface area contributed by atoms with E-state index in [-0.39, 0.29) is 0 Å². The number of hydrogen-bond acceptors (Lipinski definition) is 2. The molecule has 27 heavy (non-hydrogen) atoms. The molecule has 4 rings (SSSR count). The summed E-state index contributed by atoms with van der Waals surface area (Å²) >= 11 is 0. The molecule has 0 spiro atoms. The van der Waals surface area contributed by atoms with Gasteiger partial charge in [-0.25, -0.2) is 0 Å². The van der Waals surface area contributed by atoms with Gasteiger partial charge in [-0.15, -0.1) is 0 Å². The smallest absolute Gasteiger partial charge is 0.133 e. The van der Waals surface area contributed by atoms with Crippen molar-refractivity contribution in [2.45, 2.75) is 112 Å². The standard InChI is InChI=1S/C21H34O2.2C2H6/c1-13(22)18-6-7-19-17-5-4-14-12-20(2,23)10-8-15(14)16(17)9-11-21(18,19)3;2*1-2/h14-19,23H,4-12H2,1-3H3;2*1-2H3/t14?,15?,16?,17?,18?,19?,20-,21?;;/m0../s1. The highest BCUT2D eigenvalue weighted by Crippen LogP contribution is 2.64. The van der Waals surface area contributed by atoms with Gasteiger partial charge in [-0.3, -0.25) is 4.79 Å². The van der Waals surface area contributed by atoms with E-state index in [0.717, 1.165) is 48.9 Å². The molecule has 2 nitrogen and oxygen atoms in total. The van der Waals surface area contributed by atoms with Crippen LogP contribution in [0.15, 0.2) is 0 Å². The Labute approximate surface area is 168 Å². The number of fused-ring (bicyclic) bond motifs is 5. The highest BCUT2D eigenvalue weighted by molar-refractivity contribution is 5.79. The van der Waals surface area contributed by atoms with Gasteiger partial charge in [0.2, 0.25) is 0 Å². The molecule has 0 aromatic rings. The summed E-state index contributed by atoms with van der Waals surface area (Å²) in [7, 11) is 0. The van der Waals surface area contributed by atoms with E-state index in [9.17, 15) is 9.90 Å². The van der Waals surface area contributed by atoms with Gasteiger partial charge >= 0.3 is 0 Å². The summed E-state index contributed by atoms with van der Waals surface area (Å²) in [5.41, 5.74) is -0.121. The fourth-order valence-electron chi connectivity index (χ4n) is 7.75. The Morgan fingerprint density at radius 1 is 0.815 bits per heavy atom. The van der Waals surface area contributed by atoms with Gasteiger partial charge in [-0.05, 0) is 107 Å². The number of ketones is 1. The molecule has 7 unspecified atom stereocenters. The van der Waals surface area contributed by atoms with Gasteiger partial charge in [-0.2, -0.15) is 0 Å². The Kier molecular flexibility index (Phi) is 7.61. The van der Waals surface area contributed by atoms with E-state index < -0.39 is 5.60 Å². The van der Waals surface area contributed by atoms with Crippen molar-refractivity contribution in [3.8, 4) is 0 Å². The average molecular weight is 379 g/mol. The van der Waals surface area contributed by atoms with Gasteiger partial charge in [-0.1, -0.05) is 34.6 Å². The van der Waals surface area contributed by atoms with Crippen molar-refractivity contribution >= 4 is 5.78 Å². The number of carbonyl (C=O) groups excluding carboxylic acids is 1. The molecule has 4 aliphatic rings. The van der Waals surface area contributed by atoms with E-state index in [1.807, 2.05) is 41.5 Å². The molecule has 0 bridgehead atoms. The van der Waals surface area contributed by atoms with E-state index in [0.29, 0.717) is 17.1 Å². The number of hydrogen-bond donors (Lipinski definition) is 1. The van der Waals surface area contributed by atoms with Gasteiger partial charge in [0.15, 0.2) is 0 Å². The Balaban J connectivity index is 0.000000614. The molecule has 0 aliphatic heterocycles. The second-order valence-corrected chi connectivity index (χ2v) is 9.96. The lowest BCUT2D eigenvalue weighted by atomic mass is 9.49. The molecule has 0 saturated heterocycles. The topological polar surface area (TPSA) is 37.3 Å².